The molecule has 5 aromatic rings. The average molecular weight is 849 g/mol. The first-order chi connectivity index (χ1) is 28.4. The number of aromatic nitrogens is 1. The molecule has 0 radical (unpaired) electrons. The van der Waals surface area contributed by atoms with Crippen LogP contribution in [0.1, 0.15) is 52.4 Å². The number of anilines is 2. The summed E-state index contributed by atoms with van der Waals surface area (Å²) in [6, 6.07) is 19.6. The number of rotatable bonds is 16. The number of amides is 3. The van der Waals surface area contributed by atoms with E-state index in [0.717, 1.165) is 46.8 Å². The van der Waals surface area contributed by atoms with Gasteiger partial charge in [-0.05, 0) is 91.1 Å². The van der Waals surface area contributed by atoms with E-state index in [1.54, 1.807) is 0 Å². The Balaban J connectivity index is 0.889. The molecular weight excluding hydrogens is 809 g/mol. The van der Waals surface area contributed by atoms with Gasteiger partial charge in [-0.3, -0.25) is 14.4 Å². The summed E-state index contributed by atoms with van der Waals surface area (Å²) in [5.74, 6) is -3.31. The summed E-state index contributed by atoms with van der Waals surface area (Å²) in [6.07, 6.45) is -3.58. The van der Waals surface area contributed by atoms with Crippen molar-refractivity contribution in [1.82, 2.24) is 15.6 Å². The van der Waals surface area contributed by atoms with Gasteiger partial charge in [0, 0.05) is 60.6 Å². The first-order valence-corrected chi connectivity index (χ1v) is 20.4. The molecule has 0 fully saturated rings. The summed E-state index contributed by atoms with van der Waals surface area (Å²) >= 11 is 0. The van der Waals surface area contributed by atoms with Gasteiger partial charge in [0.15, 0.2) is 15.4 Å². The SMILES string of the molecule is C[C@](O)(CS(=O)(=O)c1ccc(NCCCOCCC(=O)NCc2ccc(-c3[nH]c4cc(F)cc5c4c3CCNC5=O)cc2)cc1)C(=O)Nc1ccc(C#N)c(C(F)(F)F)c1. The highest BCUT2D eigenvalue weighted by molar-refractivity contribution is 7.91. The van der Waals surface area contributed by atoms with Gasteiger partial charge >= 0.3 is 6.18 Å². The molecule has 18 heteroatoms. The zero-order valence-electron chi connectivity index (χ0n) is 32.1. The number of benzene rings is 4. The molecule has 6 rings (SSSR count). The van der Waals surface area contributed by atoms with E-state index in [2.05, 4.69) is 26.3 Å². The minimum absolute atomic E-state index is 0.147. The van der Waals surface area contributed by atoms with Crippen molar-refractivity contribution in [2.45, 2.75) is 49.4 Å². The normalized spacial score (nSPS) is 13.8. The predicted molar refractivity (Wildman–Crippen MR) is 214 cm³/mol. The van der Waals surface area contributed by atoms with Crippen LogP contribution in [0.2, 0.25) is 0 Å². The van der Waals surface area contributed by atoms with Gasteiger partial charge in [-0.1, -0.05) is 24.3 Å². The molecule has 0 saturated heterocycles. The second-order valence-electron chi connectivity index (χ2n) is 14.4. The monoisotopic (exact) mass is 848 g/mol. The lowest BCUT2D eigenvalue weighted by molar-refractivity contribution is -0.138. The zero-order chi connectivity index (χ0) is 43.2. The van der Waals surface area contributed by atoms with E-state index in [4.69, 9.17) is 10.00 Å². The van der Waals surface area contributed by atoms with Gasteiger partial charge in [0.05, 0.1) is 40.0 Å². The number of ether oxygens (including phenoxy) is 1. The van der Waals surface area contributed by atoms with Crippen LogP contribution in [-0.4, -0.2) is 73.9 Å². The molecule has 60 heavy (non-hydrogen) atoms. The zero-order valence-corrected chi connectivity index (χ0v) is 33.0. The van der Waals surface area contributed by atoms with Crippen LogP contribution in [0.5, 0.6) is 0 Å². The number of nitriles is 1. The third kappa shape index (κ3) is 10.3. The average Bonchev–Trinajstić information content (AvgIpc) is 3.47. The van der Waals surface area contributed by atoms with E-state index >= 15 is 0 Å². The number of halogens is 4. The number of H-pyrrole nitrogens is 1. The van der Waals surface area contributed by atoms with Crippen molar-refractivity contribution >= 4 is 49.8 Å². The van der Waals surface area contributed by atoms with Crippen LogP contribution in [0, 0.1) is 17.1 Å². The number of hydrogen-bond acceptors (Lipinski definition) is 9. The molecular formula is C42H40F4N6O7S. The van der Waals surface area contributed by atoms with Gasteiger partial charge in [-0.25, -0.2) is 12.8 Å². The van der Waals surface area contributed by atoms with E-state index in [0.29, 0.717) is 61.9 Å². The second kappa shape index (κ2) is 17.9. The van der Waals surface area contributed by atoms with Crippen LogP contribution in [0.25, 0.3) is 22.2 Å². The molecule has 4 aromatic carbocycles. The highest BCUT2D eigenvalue weighted by Crippen LogP contribution is 2.36. The molecule has 2 heterocycles. The first kappa shape index (κ1) is 43.3. The summed E-state index contributed by atoms with van der Waals surface area (Å²) < 4.78 is 85.8. The van der Waals surface area contributed by atoms with Gasteiger partial charge in [-0.2, -0.15) is 18.4 Å². The largest absolute Gasteiger partial charge is 0.417 e. The fraction of sp³-hybridized carbons (Fsp3) is 0.286. The van der Waals surface area contributed by atoms with Gasteiger partial charge in [0.25, 0.3) is 11.8 Å². The quantitative estimate of drug-likeness (QED) is 0.0521. The van der Waals surface area contributed by atoms with E-state index in [-0.39, 0.29) is 35.4 Å². The number of sulfone groups is 1. The van der Waals surface area contributed by atoms with Crippen LogP contribution in [0.4, 0.5) is 28.9 Å². The van der Waals surface area contributed by atoms with Crippen molar-refractivity contribution in [1.29, 1.82) is 5.26 Å². The minimum atomic E-state index is -4.89. The maximum absolute atomic E-state index is 14.2. The summed E-state index contributed by atoms with van der Waals surface area (Å²) in [5.41, 5.74) is 0.0820. The summed E-state index contributed by atoms with van der Waals surface area (Å²) in [6.45, 7) is 2.67. The van der Waals surface area contributed by atoms with E-state index in [1.807, 2.05) is 24.3 Å². The Hall–Kier alpha value is -6.29. The van der Waals surface area contributed by atoms with E-state index in [1.165, 1.54) is 42.5 Å². The van der Waals surface area contributed by atoms with Crippen LogP contribution >= 0.6 is 0 Å². The van der Waals surface area contributed by atoms with Gasteiger partial charge in [0.2, 0.25) is 5.91 Å². The molecule has 0 bridgehead atoms. The van der Waals surface area contributed by atoms with Crippen LogP contribution in [0.3, 0.4) is 0 Å². The molecule has 1 aliphatic heterocycles. The van der Waals surface area contributed by atoms with Crippen molar-refractivity contribution in [2.24, 2.45) is 0 Å². The van der Waals surface area contributed by atoms with E-state index in [9.17, 15) is 45.5 Å². The Morgan fingerprint density at radius 2 is 1.70 bits per heavy atom. The summed E-state index contributed by atoms with van der Waals surface area (Å²) in [5, 5.41) is 31.3. The Morgan fingerprint density at radius 1 is 0.983 bits per heavy atom. The molecule has 0 saturated carbocycles. The van der Waals surface area contributed by atoms with Crippen molar-refractivity contribution in [3.63, 3.8) is 0 Å². The fourth-order valence-electron chi connectivity index (χ4n) is 6.71. The number of carbonyl (C=O) groups is 3. The molecule has 0 spiro atoms. The van der Waals surface area contributed by atoms with Gasteiger partial charge < -0.3 is 36.1 Å². The fourth-order valence-corrected chi connectivity index (χ4v) is 8.30. The lowest BCUT2D eigenvalue weighted by atomic mass is 9.99. The molecule has 0 unspecified atom stereocenters. The number of hydrogen-bond donors (Lipinski definition) is 6. The Morgan fingerprint density at radius 3 is 2.40 bits per heavy atom. The van der Waals surface area contributed by atoms with Crippen LogP contribution < -0.4 is 21.3 Å². The summed E-state index contributed by atoms with van der Waals surface area (Å²) in [4.78, 5) is 40.7. The number of carbonyl (C=O) groups excluding carboxylic acids is 3. The Kier molecular flexibility index (Phi) is 12.9. The van der Waals surface area contributed by atoms with Crippen molar-refractivity contribution in [3.8, 4) is 17.3 Å². The standard InChI is InChI=1S/C42H40F4N6O7S/c1-41(56,40(55)51-30-8-7-27(22-47)34(21-30)42(44,45)46)24-60(57,58)31-11-9-29(10-12-31)48-15-2-17-59-18-14-36(53)50-23-25-3-5-26(6-4-25)38-32-13-16-49-39(54)33-19-28(43)20-35(52-38)37(32)33/h3-12,19-21,48,52,56H,2,13-18,23-24H2,1H3,(H,49,54)(H,50,53)(H,51,55)/t41-/m0/s1. The topological polar surface area (TPSA) is 203 Å². The molecule has 1 aromatic heterocycles. The molecule has 6 N–H and O–H groups in total. The van der Waals surface area contributed by atoms with E-state index < -0.39 is 50.2 Å². The van der Waals surface area contributed by atoms with Crippen molar-refractivity contribution in [2.75, 3.05) is 42.7 Å². The number of aromatic amines is 1. The lowest BCUT2D eigenvalue weighted by Gasteiger charge is -2.22. The number of alkyl halides is 3. The predicted octanol–water partition coefficient (Wildman–Crippen LogP) is 5.84. The number of nitrogens with zero attached hydrogens (tertiary/aromatic N) is 1. The Bertz CT molecular complexity index is 2570. The highest BCUT2D eigenvalue weighted by Gasteiger charge is 2.38. The maximum Gasteiger partial charge on any atom is 0.417 e. The minimum Gasteiger partial charge on any atom is -0.385 e. The van der Waals surface area contributed by atoms with Gasteiger partial charge in [-0.15, -0.1) is 0 Å². The lowest BCUT2D eigenvalue weighted by Crippen LogP contribution is -2.45. The molecule has 0 aliphatic carbocycles. The molecule has 3 amide bonds. The highest BCUT2D eigenvalue weighted by atomic mass is 32.2. The summed E-state index contributed by atoms with van der Waals surface area (Å²) in [7, 11) is -4.23. The molecule has 1 atom stereocenters. The van der Waals surface area contributed by atoms with Crippen LogP contribution in [0.15, 0.2) is 83.8 Å². The van der Waals surface area contributed by atoms with Crippen molar-refractivity contribution < 1.29 is 50.2 Å². The third-order valence-corrected chi connectivity index (χ3v) is 11.7. The maximum atomic E-state index is 14.2. The first-order valence-electron chi connectivity index (χ1n) is 18.7. The third-order valence-electron chi connectivity index (χ3n) is 9.75. The molecule has 1 aliphatic rings. The van der Waals surface area contributed by atoms with Crippen LogP contribution in [-0.2, 0) is 43.3 Å². The second-order valence-corrected chi connectivity index (χ2v) is 16.3. The number of aliphatic hydroxyl groups is 1. The molecule has 13 nitrogen and oxygen atoms in total. The molecule has 314 valence electrons. The van der Waals surface area contributed by atoms with Gasteiger partial charge in [0.1, 0.15) is 5.82 Å². The number of nitrogens with one attached hydrogen (secondary N) is 5. The Labute approximate surface area is 342 Å². The smallest absolute Gasteiger partial charge is 0.385 e. The van der Waals surface area contributed by atoms with Crippen molar-refractivity contribution in [3.05, 3.63) is 112 Å².